The van der Waals surface area contributed by atoms with Crippen LogP contribution in [0.5, 0.6) is 0 Å². The van der Waals surface area contributed by atoms with Crippen molar-refractivity contribution in [2.75, 3.05) is 0 Å². The Kier molecular flexibility index (Phi) is 5.02. The molecule has 4 rings (SSSR count). The molecular formula is C23H14BCl2N. The number of pyridine rings is 1. The second-order valence-electron chi connectivity index (χ2n) is 6.26. The van der Waals surface area contributed by atoms with E-state index in [0.29, 0.717) is 10.0 Å². The first-order valence-corrected chi connectivity index (χ1v) is 9.24. The van der Waals surface area contributed by atoms with E-state index in [1.165, 1.54) is 0 Å². The van der Waals surface area contributed by atoms with Gasteiger partial charge in [-0.2, -0.15) is 0 Å². The molecule has 27 heavy (non-hydrogen) atoms. The normalized spacial score (nSPS) is 10.7. The zero-order valence-electron chi connectivity index (χ0n) is 14.4. The Morgan fingerprint density at radius 1 is 0.519 bits per heavy atom. The standard InChI is InChI=1S/C23H14BCl2N/c24-19-7-1-15(2-8-19)18-13-22(16-3-9-20(25)10-4-16)27-23(14-18)17-5-11-21(26)12-6-17/h1-14H. The van der Waals surface area contributed by atoms with Crippen molar-refractivity contribution >= 4 is 36.5 Å². The van der Waals surface area contributed by atoms with Crippen molar-refractivity contribution in [1.82, 2.24) is 4.98 Å². The molecular weight excluding hydrogens is 372 g/mol. The van der Waals surface area contributed by atoms with Crippen LogP contribution in [0, 0.1) is 0 Å². The molecule has 1 aromatic heterocycles. The Morgan fingerprint density at radius 2 is 0.926 bits per heavy atom. The minimum absolute atomic E-state index is 0.700. The highest BCUT2D eigenvalue weighted by Gasteiger charge is 2.09. The van der Waals surface area contributed by atoms with Gasteiger partial charge in [-0.25, -0.2) is 4.98 Å². The summed E-state index contributed by atoms with van der Waals surface area (Å²) >= 11 is 12.1. The van der Waals surface area contributed by atoms with Crippen molar-refractivity contribution in [2.45, 2.75) is 0 Å². The maximum atomic E-state index is 6.04. The summed E-state index contributed by atoms with van der Waals surface area (Å²) in [5, 5.41) is 1.40. The molecule has 128 valence electrons. The molecule has 2 radical (unpaired) electrons. The molecule has 0 fully saturated rings. The van der Waals surface area contributed by atoms with E-state index in [-0.39, 0.29) is 0 Å². The van der Waals surface area contributed by atoms with E-state index in [9.17, 15) is 0 Å². The van der Waals surface area contributed by atoms with Crippen LogP contribution in [0.2, 0.25) is 10.0 Å². The van der Waals surface area contributed by atoms with Gasteiger partial charge in [0, 0.05) is 21.2 Å². The van der Waals surface area contributed by atoms with Crippen molar-refractivity contribution in [1.29, 1.82) is 0 Å². The van der Waals surface area contributed by atoms with Crippen molar-refractivity contribution in [3.05, 3.63) is 95.0 Å². The summed E-state index contributed by atoms with van der Waals surface area (Å²) in [4.78, 5) is 4.87. The lowest BCUT2D eigenvalue weighted by molar-refractivity contribution is 1.32. The number of rotatable bonds is 3. The molecule has 3 aromatic carbocycles. The van der Waals surface area contributed by atoms with Crippen LogP contribution in [0.3, 0.4) is 0 Å². The zero-order chi connectivity index (χ0) is 18.8. The van der Waals surface area contributed by atoms with Crippen molar-refractivity contribution < 1.29 is 0 Å². The predicted molar refractivity (Wildman–Crippen MR) is 116 cm³/mol. The first-order chi connectivity index (χ1) is 13.1. The SMILES string of the molecule is [B]c1ccc(-c2cc(-c3ccc(Cl)cc3)nc(-c3ccc(Cl)cc3)c2)cc1. The molecule has 1 heterocycles. The van der Waals surface area contributed by atoms with E-state index in [2.05, 4.69) is 12.1 Å². The van der Waals surface area contributed by atoms with Gasteiger partial charge in [0.15, 0.2) is 0 Å². The number of hydrogen-bond donors (Lipinski definition) is 0. The van der Waals surface area contributed by atoms with Gasteiger partial charge in [-0.05, 0) is 47.5 Å². The molecule has 4 aromatic rings. The lowest BCUT2D eigenvalue weighted by Gasteiger charge is -2.11. The number of benzene rings is 3. The monoisotopic (exact) mass is 385 g/mol. The van der Waals surface area contributed by atoms with Crippen LogP contribution < -0.4 is 5.46 Å². The highest BCUT2D eigenvalue weighted by atomic mass is 35.5. The highest BCUT2D eigenvalue weighted by molar-refractivity contribution is 6.32. The third kappa shape index (κ3) is 4.08. The Morgan fingerprint density at radius 3 is 1.37 bits per heavy atom. The second-order valence-corrected chi connectivity index (χ2v) is 7.13. The fraction of sp³-hybridized carbons (Fsp3) is 0. The topological polar surface area (TPSA) is 12.9 Å². The lowest BCUT2D eigenvalue weighted by atomic mass is 9.93. The van der Waals surface area contributed by atoms with Gasteiger partial charge in [0.1, 0.15) is 7.85 Å². The molecule has 4 heteroatoms. The van der Waals surface area contributed by atoms with Gasteiger partial charge < -0.3 is 0 Å². The average molecular weight is 386 g/mol. The third-order valence-electron chi connectivity index (χ3n) is 4.35. The molecule has 0 saturated heterocycles. The van der Waals surface area contributed by atoms with Crippen molar-refractivity contribution in [3.8, 4) is 33.6 Å². The summed E-state index contributed by atoms with van der Waals surface area (Å²) in [5.41, 5.74) is 6.66. The van der Waals surface area contributed by atoms with Crippen LogP contribution in [0.4, 0.5) is 0 Å². The van der Waals surface area contributed by atoms with Gasteiger partial charge in [0.2, 0.25) is 0 Å². The Hall–Kier alpha value is -2.55. The molecule has 0 unspecified atom stereocenters. The Balaban J connectivity index is 1.89. The van der Waals surface area contributed by atoms with Crippen LogP contribution in [-0.2, 0) is 0 Å². The molecule has 0 aliphatic heterocycles. The molecule has 0 aliphatic carbocycles. The van der Waals surface area contributed by atoms with Gasteiger partial charge in [-0.3, -0.25) is 0 Å². The van der Waals surface area contributed by atoms with Crippen LogP contribution >= 0.6 is 23.2 Å². The third-order valence-corrected chi connectivity index (χ3v) is 4.85. The Bertz CT molecular complexity index is 919. The molecule has 0 bridgehead atoms. The Labute approximate surface area is 170 Å². The molecule has 0 N–H and O–H groups in total. The molecule has 1 nitrogen and oxygen atoms in total. The fourth-order valence-electron chi connectivity index (χ4n) is 2.91. The van der Waals surface area contributed by atoms with Gasteiger partial charge in [0.25, 0.3) is 0 Å². The smallest absolute Gasteiger partial charge is 0.113 e. The van der Waals surface area contributed by atoms with Crippen molar-refractivity contribution in [2.24, 2.45) is 0 Å². The van der Waals surface area contributed by atoms with Gasteiger partial charge >= 0.3 is 0 Å². The van der Waals surface area contributed by atoms with Crippen LogP contribution in [0.25, 0.3) is 33.6 Å². The quantitative estimate of drug-likeness (QED) is 0.383. The largest absolute Gasteiger partial charge is 0.248 e. The number of nitrogens with zero attached hydrogens (tertiary/aromatic N) is 1. The lowest BCUT2D eigenvalue weighted by Crippen LogP contribution is -1.99. The average Bonchev–Trinajstić information content (AvgIpc) is 2.69. The molecule has 0 saturated carbocycles. The van der Waals surface area contributed by atoms with Gasteiger partial charge in [-0.15, -0.1) is 0 Å². The summed E-state index contributed by atoms with van der Waals surface area (Å²) in [7, 11) is 5.84. The molecule has 0 amide bonds. The maximum absolute atomic E-state index is 6.04. The van der Waals surface area contributed by atoms with E-state index in [1.807, 2.05) is 72.8 Å². The van der Waals surface area contributed by atoms with E-state index in [4.69, 9.17) is 36.0 Å². The van der Waals surface area contributed by atoms with Gasteiger partial charge in [0.05, 0.1) is 11.4 Å². The minimum atomic E-state index is 0.700. The first-order valence-electron chi connectivity index (χ1n) is 8.48. The summed E-state index contributed by atoms with van der Waals surface area (Å²) in [5.74, 6) is 0. The zero-order valence-corrected chi connectivity index (χ0v) is 15.9. The van der Waals surface area contributed by atoms with Crippen LogP contribution in [0.1, 0.15) is 0 Å². The van der Waals surface area contributed by atoms with E-state index in [1.54, 1.807) is 0 Å². The number of hydrogen-bond acceptors (Lipinski definition) is 1. The number of halogens is 2. The second kappa shape index (κ2) is 7.60. The molecule has 0 spiro atoms. The maximum Gasteiger partial charge on any atom is 0.113 e. The van der Waals surface area contributed by atoms with E-state index < -0.39 is 0 Å². The highest BCUT2D eigenvalue weighted by Crippen LogP contribution is 2.31. The summed E-state index contributed by atoms with van der Waals surface area (Å²) < 4.78 is 0. The van der Waals surface area contributed by atoms with E-state index in [0.717, 1.165) is 39.1 Å². The van der Waals surface area contributed by atoms with E-state index >= 15 is 0 Å². The van der Waals surface area contributed by atoms with Crippen molar-refractivity contribution in [3.63, 3.8) is 0 Å². The van der Waals surface area contributed by atoms with Crippen LogP contribution in [0.15, 0.2) is 84.9 Å². The molecule has 0 aliphatic rings. The summed E-state index contributed by atoms with van der Waals surface area (Å²) in [6, 6.07) is 27.4. The summed E-state index contributed by atoms with van der Waals surface area (Å²) in [6.07, 6.45) is 0. The number of aromatic nitrogens is 1. The first kappa shape index (κ1) is 17.8. The predicted octanol–water partition coefficient (Wildman–Crippen LogP) is 6.18. The molecule has 0 atom stereocenters. The fourth-order valence-corrected chi connectivity index (χ4v) is 3.16. The van der Waals surface area contributed by atoms with Gasteiger partial charge in [-0.1, -0.05) is 77.2 Å². The summed E-state index contributed by atoms with van der Waals surface area (Å²) in [6.45, 7) is 0. The van der Waals surface area contributed by atoms with Crippen LogP contribution in [-0.4, -0.2) is 12.8 Å². The minimum Gasteiger partial charge on any atom is -0.248 e.